The normalized spacial score (nSPS) is 21.5. The number of carboxylic acids is 1. The van der Waals surface area contributed by atoms with Crippen LogP contribution in [0.25, 0.3) is 0 Å². The number of nitrogens with zero attached hydrogens (tertiary/aromatic N) is 2. The van der Waals surface area contributed by atoms with Crippen molar-refractivity contribution < 1.29 is 14.7 Å². The van der Waals surface area contributed by atoms with Gasteiger partial charge in [0.05, 0.1) is 0 Å². The van der Waals surface area contributed by atoms with Gasteiger partial charge in [-0.05, 0) is 13.3 Å². The highest BCUT2D eigenvalue weighted by molar-refractivity contribution is 7.99. The van der Waals surface area contributed by atoms with Gasteiger partial charge in [-0.1, -0.05) is 13.3 Å². The van der Waals surface area contributed by atoms with E-state index >= 15 is 0 Å². The van der Waals surface area contributed by atoms with Crippen molar-refractivity contribution in [2.45, 2.75) is 38.8 Å². The molecule has 0 saturated carbocycles. The van der Waals surface area contributed by atoms with Gasteiger partial charge in [-0.25, -0.2) is 9.59 Å². The van der Waals surface area contributed by atoms with Crippen LogP contribution in [0.1, 0.15) is 26.7 Å². The van der Waals surface area contributed by atoms with Crippen molar-refractivity contribution in [3.8, 4) is 0 Å². The summed E-state index contributed by atoms with van der Waals surface area (Å²) < 4.78 is 0. The fourth-order valence-electron chi connectivity index (χ4n) is 2.04. The lowest BCUT2D eigenvalue weighted by Crippen LogP contribution is -2.55. The SMILES string of the molecule is CCCC(C)N(C)C(=O)N1CCSCC1C(=O)O. The average molecular weight is 274 g/mol. The van der Waals surface area contributed by atoms with Gasteiger partial charge in [0.15, 0.2) is 0 Å². The number of carbonyl (C=O) groups excluding carboxylic acids is 1. The van der Waals surface area contributed by atoms with Crippen molar-refractivity contribution in [1.29, 1.82) is 0 Å². The molecule has 2 atom stereocenters. The van der Waals surface area contributed by atoms with E-state index in [1.54, 1.807) is 23.7 Å². The smallest absolute Gasteiger partial charge is 0.327 e. The Morgan fingerprint density at radius 3 is 2.78 bits per heavy atom. The van der Waals surface area contributed by atoms with E-state index in [1.165, 1.54) is 4.90 Å². The van der Waals surface area contributed by atoms with Crippen LogP contribution in [-0.4, -0.2) is 64.1 Å². The van der Waals surface area contributed by atoms with Gasteiger partial charge in [-0.15, -0.1) is 0 Å². The molecule has 0 aliphatic carbocycles. The average Bonchev–Trinajstić information content (AvgIpc) is 2.37. The molecule has 2 amide bonds. The van der Waals surface area contributed by atoms with Crippen LogP contribution < -0.4 is 0 Å². The maximum atomic E-state index is 12.3. The number of aliphatic carboxylic acids is 1. The summed E-state index contributed by atoms with van der Waals surface area (Å²) in [6, 6.07) is -0.706. The first-order chi connectivity index (χ1) is 8.49. The topological polar surface area (TPSA) is 60.9 Å². The molecule has 1 heterocycles. The van der Waals surface area contributed by atoms with Gasteiger partial charge in [-0.2, -0.15) is 11.8 Å². The summed E-state index contributed by atoms with van der Waals surface area (Å²) in [6.45, 7) is 4.59. The Morgan fingerprint density at radius 1 is 1.56 bits per heavy atom. The molecular weight excluding hydrogens is 252 g/mol. The van der Waals surface area contributed by atoms with E-state index in [0.29, 0.717) is 12.3 Å². The zero-order valence-corrected chi connectivity index (χ0v) is 12.1. The summed E-state index contributed by atoms with van der Waals surface area (Å²) >= 11 is 1.59. The number of hydrogen-bond donors (Lipinski definition) is 1. The molecule has 0 bridgehead atoms. The first-order valence-corrected chi connectivity index (χ1v) is 7.48. The molecule has 1 N–H and O–H groups in total. The van der Waals surface area contributed by atoms with Crippen LogP contribution in [0.4, 0.5) is 4.79 Å². The molecule has 1 aliphatic heterocycles. The number of urea groups is 1. The summed E-state index contributed by atoms with van der Waals surface area (Å²) in [5, 5.41) is 9.16. The largest absolute Gasteiger partial charge is 0.480 e. The Hall–Kier alpha value is -0.910. The lowest BCUT2D eigenvalue weighted by Gasteiger charge is -2.37. The molecule has 104 valence electrons. The number of hydrogen-bond acceptors (Lipinski definition) is 3. The molecule has 5 nitrogen and oxygen atoms in total. The van der Waals surface area contributed by atoms with Crippen LogP contribution in [-0.2, 0) is 4.79 Å². The summed E-state index contributed by atoms with van der Waals surface area (Å²) in [4.78, 5) is 26.6. The van der Waals surface area contributed by atoms with Crippen molar-refractivity contribution in [2.75, 3.05) is 25.1 Å². The summed E-state index contributed by atoms with van der Waals surface area (Å²) in [6.07, 6.45) is 1.94. The van der Waals surface area contributed by atoms with Crippen molar-refractivity contribution >= 4 is 23.8 Å². The molecule has 1 fully saturated rings. The van der Waals surface area contributed by atoms with Crippen molar-refractivity contribution in [3.05, 3.63) is 0 Å². The van der Waals surface area contributed by atoms with E-state index in [1.807, 2.05) is 6.92 Å². The molecule has 0 spiro atoms. The molecule has 0 radical (unpaired) electrons. The van der Waals surface area contributed by atoms with Crippen LogP contribution in [0.15, 0.2) is 0 Å². The highest BCUT2D eigenvalue weighted by atomic mass is 32.2. The predicted molar refractivity (Wildman–Crippen MR) is 73.0 cm³/mol. The monoisotopic (exact) mass is 274 g/mol. The molecule has 2 unspecified atom stereocenters. The third-order valence-corrected chi connectivity index (χ3v) is 4.35. The maximum Gasteiger partial charge on any atom is 0.327 e. The summed E-state index contributed by atoms with van der Waals surface area (Å²) in [7, 11) is 1.75. The fourth-order valence-corrected chi connectivity index (χ4v) is 3.08. The quantitative estimate of drug-likeness (QED) is 0.848. The minimum Gasteiger partial charge on any atom is -0.480 e. The Labute approximate surface area is 113 Å². The van der Waals surface area contributed by atoms with Gasteiger partial charge in [0.1, 0.15) is 6.04 Å². The molecule has 0 aromatic rings. The van der Waals surface area contributed by atoms with E-state index in [9.17, 15) is 9.59 Å². The van der Waals surface area contributed by atoms with Gasteiger partial charge in [0, 0.05) is 31.1 Å². The van der Waals surface area contributed by atoms with Gasteiger partial charge >= 0.3 is 12.0 Å². The minimum absolute atomic E-state index is 0.145. The maximum absolute atomic E-state index is 12.3. The molecule has 18 heavy (non-hydrogen) atoms. The number of amides is 2. The predicted octanol–water partition coefficient (Wildman–Crippen LogP) is 1.73. The molecule has 0 aromatic heterocycles. The van der Waals surface area contributed by atoms with E-state index in [0.717, 1.165) is 18.6 Å². The van der Waals surface area contributed by atoms with Gasteiger partial charge in [0.2, 0.25) is 0 Å². The van der Waals surface area contributed by atoms with Gasteiger partial charge in [-0.3, -0.25) is 0 Å². The summed E-state index contributed by atoms with van der Waals surface area (Å²) in [5.41, 5.74) is 0. The van der Waals surface area contributed by atoms with Crippen LogP contribution in [0, 0.1) is 0 Å². The van der Waals surface area contributed by atoms with Crippen molar-refractivity contribution in [2.24, 2.45) is 0 Å². The highest BCUT2D eigenvalue weighted by Gasteiger charge is 2.34. The van der Waals surface area contributed by atoms with E-state index in [4.69, 9.17) is 5.11 Å². The van der Waals surface area contributed by atoms with Gasteiger partial charge in [0.25, 0.3) is 0 Å². The zero-order valence-electron chi connectivity index (χ0n) is 11.3. The first kappa shape index (κ1) is 15.1. The zero-order chi connectivity index (χ0) is 13.7. The number of thioether (sulfide) groups is 1. The Balaban J connectivity index is 2.70. The fraction of sp³-hybridized carbons (Fsp3) is 0.833. The third-order valence-electron chi connectivity index (χ3n) is 3.33. The molecule has 6 heteroatoms. The van der Waals surface area contributed by atoms with Crippen molar-refractivity contribution in [3.63, 3.8) is 0 Å². The third kappa shape index (κ3) is 3.54. The van der Waals surface area contributed by atoms with Crippen LogP contribution in [0.5, 0.6) is 0 Å². The standard InChI is InChI=1S/C12H22N2O3S/c1-4-5-9(2)13(3)12(17)14-6-7-18-8-10(14)11(15)16/h9-10H,4-8H2,1-3H3,(H,15,16). The van der Waals surface area contributed by atoms with Gasteiger partial charge < -0.3 is 14.9 Å². The van der Waals surface area contributed by atoms with E-state index in [-0.39, 0.29) is 12.1 Å². The number of rotatable bonds is 4. The second kappa shape index (κ2) is 6.87. The first-order valence-electron chi connectivity index (χ1n) is 6.33. The molecule has 1 aliphatic rings. The Morgan fingerprint density at radius 2 is 2.22 bits per heavy atom. The second-order valence-corrected chi connectivity index (χ2v) is 5.80. The summed E-state index contributed by atoms with van der Waals surface area (Å²) in [5.74, 6) is 0.384. The Bertz CT molecular complexity index is 312. The van der Waals surface area contributed by atoms with E-state index in [2.05, 4.69) is 6.92 Å². The lowest BCUT2D eigenvalue weighted by molar-refractivity contribution is -0.141. The molecule has 1 rings (SSSR count). The highest BCUT2D eigenvalue weighted by Crippen LogP contribution is 2.19. The number of carbonyl (C=O) groups is 2. The molecule has 0 aromatic carbocycles. The molecular formula is C12H22N2O3S. The van der Waals surface area contributed by atoms with Crippen LogP contribution in [0.2, 0.25) is 0 Å². The molecule has 1 saturated heterocycles. The van der Waals surface area contributed by atoms with Crippen molar-refractivity contribution in [1.82, 2.24) is 9.80 Å². The minimum atomic E-state index is -0.910. The second-order valence-electron chi connectivity index (χ2n) is 4.65. The van der Waals surface area contributed by atoms with Crippen LogP contribution >= 0.6 is 11.8 Å². The number of carboxylic acid groups (broad SMARTS) is 1. The Kier molecular flexibility index (Phi) is 5.78. The van der Waals surface area contributed by atoms with Crippen LogP contribution in [0.3, 0.4) is 0 Å². The van der Waals surface area contributed by atoms with E-state index < -0.39 is 12.0 Å². The lowest BCUT2D eigenvalue weighted by atomic mass is 10.2.